The van der Waals surface area contributed by atoms with Crippen LogP contribution in [-0.2, 0) is 4.79 Å². The van der Waals surface area contributed by atoms with E-state index in [1.165, 1.54) is 12.8 Å². The number of hydrogen-bond acceptors (Lipinski definition) is 4. The van der Waals surface area contributed by atoms with Crippen molar-refractivity contribution in [3.63, 3.8) is 0 Å². The number of carbonyl (C=O) groups is 1. The van der Waals surface area contributed by atoms with Gasteiger partial charge in [-0.25, -0.2) is 4.98 Å². The van der Waals surface area contributed by atoms with Gasteiger partial charge in [0.15, 0.2) is 5.13 Å². The zero-order chi connectivity index (χ0) is 14.7. The van der Waals surface area contributed by atoms with Crippen LogP contribution in [0.15, 0.2) is 29.6 Å². The second-order valence-corrected chi connectivity index (χ2v) is 6.03. The molecule has 1 aromatic heterocycles. The largest absolute Gasteiger partial charge is 0.348 e. The van der Waals surface area contributed by atoms with Crippen LogP contribution in [0.2, 0.25) is 0 Å². The summed E-state index contributed by atoms with van der Waals surface area (Å²) in [5.41, 5.74) is 2.93. The van der Waals surface area contributed by atoms with Crippen molar-refractivity contribution in [3.05, 3.63) is 29.6 Å². The van der Waals surface area contributed by atoms with Gasteiger partial charge in [0.1, 0.15) is 0 Å². The third kappa shape index (κ3) is 3.24. The van der Waals surface area contributed by atoms with E-state index in [1.54, 1.807) is 11.3 Å². The third-order valence-corrected chi connectivity index (χ3v) is 4.56. The van der Waals surface area contributed by atoms with Crippen molar-refractivity contribution in [2.24, 2.45) is 0 Å². The number of anilines is 2. The van der Waals surface area contributed by atoms with Crippen molar-refractivity contribution < 1.29 is 4.79 Å². The molecular formula is C16H19N3OS. The Bertz CT molecular complexity index is 615. The zero-order valence-corrected chi connectivity index (χ0v) is 12.9. The van der Waals surface area contributed by atoms with Crippen molar-refractivity contribution in [2.45, 2.75) is 26.2 Å². The van der Waals surface area contributed by atoms with Crippen LogP contribution in [0, 0.1) is 0 Å². The maximum atomic E-state index is 11.4. The highest BCUT2D eigenvalue weighted by Crippen LogP contribution is 2.29. The van der Waals surface area contributed by atoms with Gasteiger partial charge in [-0.1, -0.05) is 19.1 Å². The third-order valence-electron chi connectivity index (χ3n) is 3.65. The molecule has 0 unspecified atom stereocenters. The quantitative estimate of drug-likeness (QED) is 0.935. The Labute approximate surface area is 128 Å². The summed E-state index contributed by atoms with van der Waals surface area (Å²) in [6, 6.07) is 7.87. The summed E-state index contributed by atoms with van der Waals surface area (Å²) < 4.78 is 0. The van der Waals surface area contributed by atoms with Crippen LogP contribution < -0.4 is 10.2 Å². The van der Waals surface area contributed by atoms with E-state index in [-0.39, 0.29) is 5.91 Å². The molecule has 2 aromatic rings. The summed E-state index contributed by atoms with van der Waals surface area (Å²) in [4.78, 5) is 18.4. The molecule has 21 heavy (non-hydrogen) atoms. The second-order valence-electron chi connectivity index (χ2n) is 5.19. The molecule has 1 saturated heterocycles. The predicted molar refractivity (Wildman–Crippen MR) is 87.9 cm³/mol. The molecule has 1 aliphatic heterocycles. The van der Waals surface area contributed by atoms with Crippen LogP contribution in [0.1, 0.15) is 26.2 Å². The Balaban J connectivity index is 1.73. The molecule has 1 aliphatic rings. The van der Waals surface area contributed by atoms with Gasteiger partial charge in [-0.05, 0) is 25.0 Å². The Kier molecular flexibility index (Phi) is 4.20. The van der Waals surface area contributed by atoms with E-state index >= 15 is 0 Å². The molecule has 0 spiro atoms. The molecule has 4 nitrogen and oxygen atoms in total. The first-order valence-electron chi connectivity index (χ1n) is 7.37. The molecule has 1 N–H and O–H groups in total. The fraction of sp³-hybridized carbons (Fsp3) is 0.375. The van der Waals surface area contributed by atoms with Gasteiger partial charge >= 0.3 is 0 Å². The fourth-order valence-electron chi connectivity index (χ4n) is 2.42. The summed E-state index contributed by atoms with van der Waals surface area (Å²) in [5, 5.41) is 6.08. The minimum Gasteiger partial charge on any atom is -0.348 e. The van der Waals surface area contributed by atoms with E-state index in [0.29, 0.717) is 6.42 Å². The highest BCUT2D eigenvalue weighted by atomic mass is 32.1. The average molecular weight is 301 g/mol. The molecule has 0 saturated carbocycles. The van der Waals surface area contributed by atoms with Crippen LogP contribution in [0.3, 0.4) is 0 Å². The number of carbonyl (C=O) groups excluding carboxylic acids is 1. The number of nitrogens with one attached hydrogen (secondary N) is 1. The number of rotatable bonds is 4. The van der Waals surface area contributed by atoms with Gasteiger partial charge < -0.3 is 10.2 Å². The van der Waals surface area contributed by atoms with Crippen LogP contribution in [0.4, 0.5) is 10.8 Å². The van der Waals surface area contributed by atoms with E-state index in [9.17, 15) is 4.79 Å². The summed E-state index contributed by atoms with van der Waals surface area (Å²) in [7, 11) is 0. The first-order chi connectivity index (χ1) is 10.3. The van der Waals surface area contributed by atoms with E-state index in [2.05, 4.69) is 15.6 Å². The van der Waals surface area contributed by atoms with E-state index < -0.39 is 0 Å². The molecule has 110 valence electrons. The normalized spacial score (nSPS) is 14.4. The highest BCUT2D eigenvalue weighted by molar-refractivity contribution is 7.14. The highest BCUT2D eigenvalue weighted by Gasteiger charge is 2.16. The van der Waals surface area contributed by atoms with Crippen molar-refractivity contribution in [2.75, 3.05) is 23.3 Å². The Morgan fingerprint density at radius 3 is 2.67 bits per heavy atom. The molecule has 2 heterocycles. The molecular weight excluding hydrogens is 282 g/mol. The van der Waals surface area contributed by atoms with Gasteiger partial charge in [0.25, 0.3) is 0 Å². The number of nitrogens with zero attached hydrogens (tertiary/aromatic N) is 2. The zero-order valence-electron chi connectivity index (χ0n) is 12.1. The molecule has 1 amide bonds. The topological polar surface area (TPSA) is 45.2 Å². The van der Waals surface area contributed by atoms with Crippen molar-refractivity contribution in [1.82, 2.24) is 4.98 Å². The van der Waals surface area contributed by atoms with Gasteiger partial charge in [-0.2, -0.15) is 0 Å². The summed E-state index contributed by atoms with van der Waals surface area (Å²) in [6.07, 6.45) is 3.02. The monoisotopic (exact) mass is 301 g/mol. The number of thiazole rings is 1. The van der Waals surface area contributed by atoms with Crippen LogP contribution >= 0.6 is 11.3 Å². The minimum absolute atomic E-state index is 0.0349. The first-order valence-corrected chi connectivity index (χ1v) is 8.25. The SMILES string of the molecule is CCC(=O)Nc1ccc(-c2csc(N3CCCC3)n2)cc1. The lowest BCUT2D eigenvalue weighted by atomic mass is 10.1. The molecule has 0 radical (unpaired) electrons. The van der Waals surface area contributed by atoms with Crippen LogP contribution in [-0.4, -0.2) is 24.0 Å². The minimum atomic E-state index is 0.0349. The Morgan fingerprint density at radius 2 is 2.00 bits per heavy atom. The lowest BCUT2D eigenvalue weighted by Crippen LogP contribution is -2.17. The maximum Gasteiger partial charge on any atom is 0.224 e. The summed E-state index contributed by atoms with van der Waals surface area (Å²) in [5.74, 6) is 0.0349. The van der Waals surface area contributed by atoms with Gasteiger partial charge in [0.05, 0.1) is 5.69 Å². The number of amides is 1. The van der Waals surface area contributed by atoms with E-state index in [1.807, 2.05) is 31.2 Å². The number of aromatic nitrogens is 1. The lowest BCUT2D eigenvalue weighted by Gasteiger charge is -2.12. The second kappa shape index (κ2) is 6.26. The van der Waals surface area contributed by atoms with Crippen molar-refractivity contribution >= 4 is 28.1 Å². The average Bonchev–Trinajstić information content (AvgIpc) is 3.19. The summed E-state index contributed by atoms with van der Waals surface area (Å²) in [6.45, 7) is 4.09. The lowest BCUT2D eigenvalue weighted by molar-refractivity contribution is -0.115. The molecule has 0 aliphatic carbocycles. The molecule has 5 heteroatoms. The Morgan fingerprint density at radius 1 is 1.29 bits per heavy atom. The Hall–Kier alpha value is -1.88. The summed E-state index contributed by atoms with van der Waals surface area (Å²) >= 11 is 1.71. The van der Waals surface area contributed by atoms with Gasteiger partial charge in [0, 0.05) is 36.1 Å². The van der Waals surface area contributed by atoms with Gasteiger partial charge in [0.2, 0.25) is 5.91 Å². The molecule has 0 bridgehead atoms. The molecule has 1 fully saturated rings. The van der Waals surface area contributed by atoms with Crippen molar-refractivity contribution in [3.8, 4) is 11.3 Å². The number of hydrogen-bond donors (Lipinski definition) is 1. The maximum absolute atomic E-state index is 11.4. The van der Waals surface area contributed by atoms with Gasteiger partial charge in [-0.3, -0.25) is 4.79 Å². The molecule has 1 aromatic carbocycles. The standard InChI is InChI=1S/C16H19N3OS/c1-2-15(20)17-13-7-5-12(6-8-13)14-11-21-16(18-14)19-9-3-4-10-19/h5-8,11H,2-4,9-10H2,1H3,(H,17,20). The smallest absolute Gasteiger partial charge is 0.224 e. The molecule has 0 atom stereocenters. The molecule has 3 rings (SSSR count). The first kappa shape index (κ1) is 14.1. The fourth-order valence-corrected chi connectivity index (χ4v) is 3.31. The van der Waals surface area contributed by atoms with Crippen molar-refractivity contribution in [1.29, 1.82) is 0 Å². The number of benzene rings is 1. The van der Waals surface area contributed by atoms with E-state index in [4.69, 9.17) is 4.98 Å². The van der Waals surface area contributed by atoms with Crippen LogP contribution in [0.5, 0.6) is 0 Å². The van der Waals surface area contributed by atoms with Gasteiger partial charge in [-0.15, -0.1) is 11.3 Å². The van der Waals surface area contributed by atoms with E-state index in [0.717, 1.165) is 35.2 Å². The van der Waals surface area contributed by atoms with Crippen LogP contribution in [0.25, 0.3) is 11.3 Å². The predicted octanol–water partition coefficient (Wildman–Crippen LogP) is 3.76.